The molecule has 0 radical (unpaired) electrons. The Labute approximate surface area is 226 Å². The number of hydrogen-bond donors (Lipinski definition) is 0. The summed E-state index contributed by atoms with van der Waals surface area (Å²) in [5.41, 5.74) is 5.02. The smallest absolute Gasteiger partial charge is 0.0273 e. The first-order valence-electron chi connectivity index (χ1n) is 13.3. The molecule has 1 aromatic carbocycles. The molecule has 0 saturated heterocycles. The van der Waals surface area contributed by atoms with Crippen molar-refractivity contribution < 1.29 is 0 Å². The van der Waals surface area contributed by atoms with E-state index < -0.39 is 0 Å². The van der Waals surface area contributed by atoms with Crippen molar-refractivity contribution in [2.45, 2.75) is 114 Å². The van der Waals surface area contributed by atoms with Gasteiger partial charge in [0.25, 0.3) is 0 Å². The van der Waals surface area contributed by atoms with Crippen LogP contribution >= 0.6 is 47.8 Å². The maximum atomic E-state index is 4.43. The third kappa shape index (κ3) is 3.09. The van der Waals surface area contributed by atoms with E-state index in [0.717, 1.165) is 0 Å². The molecule has 4 unspecified atom stereocenters. The Balaban J connectivity index is 1.42. The summed E-state index contributed by atoms with van der Waals surface area (Å²) in [7, 11) is 0. The van der Waals surface area contributed by atoms with Gasteiger partial charge in [-0.05, 0) is 139 Å². The van der Waals surface area contributed by atoms with Crippen molar-refractivity contribution in [3.63, 3.8) is 0 Å². The summed E-state index contributed by atoms with van der Waals surface area (Å²) in [6.07, 6.45) is 17.3. The van der Waals surface area contributed by atoms with Gasteiger partial charge in [-0.15, -0.1) is 0 Å². The van der Waals surface area contributed by atoms with E-state index >= 15 is 0 Å². The van der Waals surface area contributed by atoms with Crippen molar-refractivity contribution in [3.05, 3.63) is 32.7 Å². The lowest BCUT2D eigenvalue weighted by atomic mass is 9.26. The first-order valence-corrected chi connectivity index (χ1v) is 15.7. The fraction of sp³-hybridized carbons (Fsp3) is 0.800. The lowest BCUT2D eigenvalue weighted by molar-refractivity contribution is -0.264. The molecule has 0 aromatic heterocycles. The van der Waals surface area contributed by atoms with Gasteiger partial charge in [-0.2, -0.15) is 0 Å². The Bertz CT molecular complexity index is 979. The molecular formula is C30H39Br3. The van der Waals surface area contributed by atoms with Crippen LogP contribution < -0.4 is 0 Å². The van der Waals surface area contributed by atoms with Gasteiger partial charge in [-0.1, -0.05) is 75.5 Å². The quantitative estimate of drug-likeness (QED) is 0.283. The lowest BCUT2D eigenvalue weighted by Gasteiger charge is -2.79. The molecule has 4 atom stereocenters. The van der Waals surface area contributed by atoms with E-state index in [0.29, 0.717) is 42.2 Å². The molecule has 9 rings (SSSR count). The molecule has 180 valence electrons. The fourth-order valence-corrected chi connectivity index (χ4v) is 16.7. The van der Waals surface area contributed by atoms with Crippen molar-refractivity contribution in [2.24, 2.45) is 32.5 Å². The van der Waals surface area contributed by atoms with Crippen LogP contribution in [0.5, 0.6) is 0 Å². The van der Waals surface area contributed by atoms with Gasteiger partial charge < -0.3 is 0 Å². The van der Waals surface area contributed by atoms with E-state index in [-0.39, 0.29) is 0 Å². The SMILES string of the molecule is CC12CC3(C)CC(Br)(C1)CC(C14CC5(C)CC(C)(CC(c6cc(Br)cc(Br)c6)(C5)C1)C4)(C2)C3. The van der Waals surface area contributed by atoms with Crippen LogP contribution in [0.2, 0.25) is 0 Å². The van der Waals surface area contributed by atoms with Gasteiger partial charge in [-0.3, -0.25) is 0 Å². The van der Waals surface area contributed by atoms with E-state index in [2.05, 4.69) is 93.7 Å². The van der Waals surface area contributed by atoms with E-state index in [9.17, 15) is 0 Å². The molecule has 0 amide bonds. The molecule has 1 aromatic rings. The summed E-state index contributed by atoms with van der Waals surface area (Å²) in [4.78, 5) is 0. The van der Waals surface area contributed by atoms with Crippen molar-refractivity contribution in [1.29, 1.82) is 0 Å². The second kappa shape index (κ2) is 6.20. The summed E-state index contributed by atoms with van der Waals surface area (Å²) in [5.74, 6) is 0. The predicted octanol–water partition coefficient (Wildman–Crippen LogP) is 10.3. The van der Waals surface area contributed by atoms with Crippen LogP contribution in [0.15, 0.2) is 27.1 Å². The minimum Gasteiger partial charge on any atom is -0.0853 e. The second-order valence-corrected chi connectivity index (χ2v) is 19.5. The minimum absolute atomic E-state index is 0.342. The first-order chi connectivity index (χ1) is 15.1. The Hall–Kier alpha value is 0.660. The summed E-state index contributed by atoms with van der Waals surface area (Å²) in [6, 6.07) is 7.18. The maximum Gasteiger partial charge on any atom is 0.0273 e. The van der Waals surface area contributed by atoms with Crippen LogP contribution in [0.3, 0.4) is 0 Å². The molecule has 0 heterocycles. The van der Waals surface area contributed by atoms with Gasteiger partial charge in [0.05, 0.1) is 0 Å². The molecule has 8 aliphatic carbocycles. The van der Waals surface area contributed by atoms with Crippen LogP contribution in [-0.4, -0.2) is 4.32 Å². The highest BCUT2D eigenvalue weighted by Crippen LogP contribution is 2.84. The molecule has 8 saturated carbocycles. The van der Waals surface area contributed by atoms with Crippen molar-refractivity contribution in [1.82, 2.24) is 0 Å². The van der Waals surface area contributed by atoms with Gasteiger partial charge in [0.1, 0.15) is 0 Å². The molecule has 0 spiro atoms. The normalized spacial score (nSPS) is 58.3. The zero-order chi connectivity index (χ0) is 23.3. The minimum atomic E-state index is 0.342. The summed E-state index contributed by atoms with van der Waals surface area (Å²) in [6.45, 7) is 10.7. The van der Waals surface area contributed by atoms with Crippen molar-refractivity contribution in [2.75, 3.05) is 0 Å². The van der Waals surface area contributed by atoms with Crippen LogP contribution in [0, 0.1) is 32.5 Å². The summed E-state index contributed by atoms with van der Waals surface area (Å²) >= 11 is 12.1. The molecule has 8 bridgehead atoms. The number of rotatable bonds is 2. The monoisotopic (exact) mass is 636 g/mol. The van der Waals surface area contributed by atoms with Crippen molar-refractivity contribution in [3.8, 4) is 0 Å². The van der Waals surface area contributed by atoms with Gasteiger partial charge in [0.15, 0.2) is 0 Å². The number of halogens is 3. The molecule has 33 heavy (non-hydrogen) atoms. The highest BCUT2D eigenvalue weighted by atomic mass is 79.9. The molecule has 8 fully saturated rings. The summed E-state index contributed by atoms with van der Waals surface area (Å²) < 4.78 is 2.87. The van der Waals surface area contributed by atoms with Crippen LogP contribution in [0.25, 0.3) is 0 Å². The Kier molecular flexibility index (Phi) is 4.29. The average Bonchev–Trinajstić information content (AvgIpc) is 2.53. The predicted molar refractivity (Wildman–Crippen MR) is 148 cm³/mol. The van der Waals surface area contributed by atoms with Crippen LogP contribution in [-0.2, 0) is 5.41 Å². The molecule has 0 N–H and O–H groups in total. The van der Waals surface area contributed by atoms with Crippen LogP contribution in [0.1, 0.15) is 110 Å². The Morgan fingerprint density at radius 3 is 1.39 bits per heavy atom. The molecule has 0 aliphatic heterocycles. The number of alkyl halides is 1. The fourth-order valence-electron chi connectivity index (χ4n) is 13.5. The molecule has 3 heteroatoms. The zero-order valence-electron chi connectivity index (χ0n) is 20.9. The third-order valence-corrected chi connectivity index (χ3v) is 13.5. The average molecular weight is 639 g/mol. The largest absolute Gasteiger partial charge is 0.0853 e. The third-order valence-electron chi connectivity index (χ3n) is 11.7. The highest BCUT2D eigenvalue weighted by molar-refractivity contribution is 9.11. The Morgan fingerprint density at radius 2 is 0.939 bits per heavy atom. The van der Waals surface area contributed by atoms with E-state index in [1.165, 1.54) is 86.0 Å². The first kappa shape index (κ1) is 22.8. The number of hydrogen-bond acceptors (Lipinski definition) is 0. The van der Waals surface area contributed by atoms with Crippen molar-refractivity contribution >= 4 is 47.8 Å². The molecular weight excluding hydrogens is 600 g/mol. The molecule has 0 nitrogen and oxygen atoms in total. The second-order valence-electron chi connectivity index (χ2n) is 16.0. The van der Waals surface area contributed by atoms with Crippen LogP contribution in [0.4, 0.5) is 0 Å². The highest BCUT2D eigenvalue weighted by Gasteiger charge is 2.76. The summed E-state index contributed by atoms with van der Waals surface area (Å²) in [5, 5.41) is 0. The lowest BCUT2D eigenvalue weighted by Crippen LogP contribution is -2.71. The van der Waals surface area contributed by atoms with Gasteiger partial charge in [0.2, 0.25) is 0 Å². The van der Waals surface area contributed by atoms with Gasteiger partial charge in [0, 0.05) is 13.3 Å². The maximum absolute atomic E-state index is 4.43. The van der Waals surface area contributed by atoms with Gasteiger partial charge in [-0.25, -0.2) is 0 Å². The number of benzene rings is 1. The Morgan fingerprint density at radius 1 is 0.515 bits per heavy atom. The van der Waals surface area contributed by atoms with E-state index in [1.807, 2.05) is 0 Å². The standard InChI is InChI=1S/C30H39Br3/c1-23-8-24(2)11-27(10-23,20-5-21(31)7-22(32)6-20)18-28(12-23,13-24)29-14-25(3)9-26(4,15-29)17-30(33,16-25)19-29/h5-7H,8-19H2,1-4H3. The van der Waals surface area contributed by atoms with E-state index in [4.69, 9.17) is 0 Å². The topological polar surface area (TPSA) is 0 Å². The van der Waals surface area contributed by atoms with Gasteiger partial charge >= 0.3 is 0 Å². The zero-order valence-corrected chi connectivity index (χ0v) is 25.6. The molecule has 8 aliphatic rings. The van der Waals surface area contributed by atoms with E-state index in [1.54, 1.807) is 5.56 Å².